The van der Waals surface area contributed by atoms with Gasteiger partial charge in [0.25, 0.3) is 0 Å². The molecule has 1 heterocycles. The normalized spacial score (nSPS) is 10.9. The van der Waals surface area contributed by atoms with Crippen LogP contribution in [0.3, 0.4) is 0 Å². The minimum atomic E-state index is 0. The Morgan fingerprint density at radius 1 is 1.37 bits per heavy atom. The average molecular weight is 414 g/mol. The van der Waals surface area contributed by atoms with Crippen molar-refractivity contribution in [2.24, 2.45) is 4.99 Å². The van der Waals surface area contributed by atoms with Gasteiger partial charge in [-0.05, 0) is 12.8 Å². The summed E-state index contributed by atoms with van der Waals surface area (Å²) in [4.78, 5) is 8.42. The third kappa shape index (κ3) is 9.50. The Labute approximate surface area is 141 Å². The van der Waals surface area contributed by atoms with Gasteiger partial charge in [0.05, 0.1) is 0 Å². The molecular weight excluding hydrogens is 391 g/mol. The van der Waals surface area contributed by atoms with E-state index in [4.69, 9.17) is 0 Å². The van der Waals surface area contributed by atoms with Crippen molar-refractivity contribution < 1.29 is 0 Å². The molecule has 0 radical (unpaired) electrons. The van der Waals surface area contributed by atoms with E-state index in [-0.39, 0.29) is 24.0 Å². The predicted octanol–water partition coefficient (Wildman–Crippen LogP) is 3.21. The van der Waals surface area contributed by atoms with Gasteiger partial charge in [-0.2, -0.15) is 0 Å². The van der Waals surface area contributed by atoms with Crippen LogP contribution in [0.25, 0.3) is 0 Å². The number of rotatable bonds is 8. The Balaban J connectivity index is 0.00000324. The van der Waals surface area contributed by atoms with Crippen molar-refractivity contribution in [2.45, 2.75) is 30.5 Å². The molecule has 0 spiro atoms. The van der Waals surface area contributed by atoms with Crippen LogP contribution in [-0.2, 0) is 0 Å². The first-order valence-electron chi connectivity index (χ1n) is 6.33. The average Bonchev–Trinajstić information content (AvgIpc) is 2.89. The number of nitrogens with zero attached hydrogens (tertiary/aromatic N) is 2. The zero-order valence-corrected chi connectivity index (χ0v) is 15.5. The van der Waals surface area contributed by atoms with Crippen molar-refractivity contribution >= 4 is 53.0 Å². The van der Waals surface area contributed by atoms with Gasteiger partial charge in [-0.1, -0.05) is 25.1 Å². The van der Waals surface area contributed by atoms with Crippen LogP contribution >= 0.6 is 47.1 Å². The monoisotopic (exact) mass is 414 g/mol. The number of thiazole rings is 1. The maximum Gasteiger partial charge on any atom is 0.190 e. The molecule has 0 bridgehead atoms. The fraction of sp³-hybridized carbons (Fsp3) is 0.667. The summed E-state index contributed by atoms with van der Waals surface area (Å²) in [6, 6.07) is 0. The number of aliphatic imine (C=N–C) groups is 1. The number of halogens is 1. The van der Waals surface area contributed by atoms with Gasteiger partial charge in [-0.3, -0.25) is 4.99 Å². The Bertz CT molecular complexity index is 330. The lowest BCUT2D eigenvalue weighted by Crippen LogP contribution is -2.38. The lowest BCUT2D eigenvalue weighted by molar-refractivity contribution is 0.724. The van der Waals surface area contributed by atoms with E-state index in [0.29, 0.717) is 0 Å². The van der Waals surface area contributed by atoms with Crippen molar-refractivity contribution in [1.29, 1.82) is 0 Å². The Kier molecular flexibility index (Phi) is 13.0. The van der Waals surface area contributed by atoms with E-state index in [9.17, 15) is 0 Å². The van der Waals surface area contributed by atoms with E-state index < -0.39 is 0 Å². The molecule has 0 fully saturated rings. The lowest BCUT2D eigenvalue weighted by atomic mass is 10.3. The van der Waals surface area contributed by atoms with E-state index >= 15 is 0 Å². The lowest BCUT2D eigenvalue weighted by Gasteiger charge is -2.10. The van der Waals surface area contributed by atoms with Gasteiger partial charge in [-0.25, -0.2) is 4.98 Å². The number of nitrogens with one attached hydrogen (secondary N) is 2. The summed E-state index contributed by atoms with van der Waals surface area (Å²) in [5, 5.41) is 8.63. The second-order valence-electron chi connectivity index (χ2n) is 3.78. The van der Waals surface area contributed by atoms with Crippen molar-refractivity contribution in [3.63, 3.8) is 0 Å². The first-order chi connectivity index (χ1) is 8.86. The number of hydrogen-bond donors (Lipinski definition) is 2. The van der Waals surface area contributed by atoms with E-state index in [1.807, 2.05) is 30.4 Å². The molecule has 0 aliphatic carbocycles. The molecule has 4 nitrogen and oxygen atoms in total. The van der Waals surface area contributed by atoms with E-state index in [0.717, 1.165) is 35.6 Å². The van der Waals surface area contributed by atoms with Gasteiger partial charge in [-0.15, -0.1) is 35.3 Å². The molecule has 0 amide bonds. The molecule has 19 heavy (non-hydrogen) atoms. The summed E-state index contributed by atoms with van der Waals surface area (Å²) in [5.41, 5.74) is 0. The summed E-state index contributed by atoms with van der Waals surface area (Å²) in [7, 11) is 1.81. The van der Waals surface area contributed by atoms with Gasteiger partial charge in [0.15, 0.2) is 5.96 Å². The fourth-order valence-corrected chi connectivity index (χ4v) is 2.97. The number of unbranched alkanes of at least 4 members (excludes halogenated alkanes) is 1. The minimum absolute atomic E-state index is 0. The Morgan fingerprint density at radius 2 is 2.11 bits per heavy atom. The Morgan fingerprint density at radius 3 is 2.68 bits per heavy atom. The van der Waals surface area contributed by atoms with Crippen LogP contribution in [0.2, 0.25) is 0 Å². The molecule has 110 valence electrons. The summed E-state index contributed by atoms with van der Waals surface area (Å²) in [6.45, 7) is 4.13. The molecule has 0 aliphatic rings. The first-order valence-corrected chi connectivity index (χ1v) is 8.20. The van der Waals surface area contributed by atoms with E-state index in [2.05, 4.69) is 27.5 Å². The third-order valence-corrected chi connectivity index (χ3v) is 4.35. The molecule has 0 atom stereocenters. The molecular formula is C12H23IN4S2. The van der Waals surface area contributed by atoms with Crippen LogP contribution in [-0.4, -0.2) is 36.8 Å². The van der Waals surface area contributed by atoms with Gasteiger partial charge in [0.1, 0.15) is 4.34 Å². The maximum atomic E-state index is 4.24. The molecule has 1 aromatic rings. The van der Waals surface area contributed by atoms with Crippen LogP contribution < -0.4 is 10.6 Å². The first kappa shape index (κ1) is 19.0. The standard InChI is InChI=1S/C12H22N4S2.HI/c1-3-4-6-14-11(13-2)15-7-5-9-17-12-16-8-10-18-12;/h8,10H,3-7,9H2,1-2H3,(H2,13,14,15);1H. The summed E-state index contributed by atoms with van der Waals surface area (Å²) < 4.78 is 1.15. The quantitative estimate of drug-likeness (QED) is 0.226. The highest BCUT2D eigenvalue weighted by molar-refractivity contribution is 14.0. The number of hydrogen-bond acceptors (Lipinski definition) is 4. The summed E-state index contributed by atoms with van der Waals surface area (Å²) >= 11 is 3.52. The largest absolute Gasteiger partial charge is 0.356 e. The molecule has 1 rings (SSSR count). The highest BCUT2D eigenvalue weighted by Crippen LogP contribution is 2.20. The van der Waals surface area contributed by atoms with Crippen molar-refractivity contribution in [3.8, 4) is 0 Å². The zero-order chi connectivity index (χ0) is 13.1. The molecule has 2 N–H and O–H groups in total. The number of guanidine groups is 1. The molecule has 1 aromatic heterocycles. The second kappa shape index (κ2) is 13.0. The van der Waals surface area contributed by atoms with E-state index in [1.54, 1.807) is 11.3 Å². The summed E-state index contributed by atoms with van der Waals surface area (Å²) in [5.74, 6) is 2.00. The number of aromatic nitrogens is 1. The van der Waals surface area contributed by atoms with Gasteiger partial charge in [0.2, 0.25) is 0 Å². The molecule has 0 unspecified atom stereocenters. The molecule has 0 aliphatic heterocycles. The predicted molar refractivity (Wildman–Crippen MR) is 97.1 cm³/mol. The highest BCUT2D eigenvalue weighted by atomic mass is 127. The second-order valence-corrected chi connectivity index (χ2v) is 6.02. The van der Waals surface area contributed by atoms with Crippen LogP contribution in [0, 0.1) is 0 Å². The molecule has 0 saturated carbocycles. The fourth-order valence-electron chi connectivity index (χ4n) is 1.32. The molecule has 0 saturated heterocycles. The van der Waals surface area contributed by atoms with Crippen molar-refractivity contribution in [2.75, 3.05) is 25.9 Å². The smallest absolute Gasteiger partial charge is 0.190 e. The van der Waals surface area contributed by atoms with Crippen molar-refractivity contribution in [3.05, 3.63) is 11.6 Å². The number of thioether (sulfide) groups is 1. The van der Waals surface area contributed by atoms with Gasteiger partial charge < -0.3 is 10.6 Å². The van der Waals surface area contributed by atoms with E-state index in [1.165, 1.54) is 12.8 Å². The van der Waals surface area contributed by atoms with Crippen LogP contribution in [0.15, 0.2) is 20.9 Å². The minimum Gasteiger partial charge on any atom is -0.356 e. The maximum absolute atomic E-state index is 4.24. The van der Waals surface area contributed by atoms with Crippen LogP contribution in [0.4, 0.5) is 0 Å². The molecule has 7 heteroatoms. The third-order valence-electron chi connectivity index (χ3n) is 2.30. The summed E-state index contributed by atoms with van der Waals surface area (Å²) in [6.07, 6.45) is 5.35. The Hall–Kier alpha value is -0.0200. The van der Waals surface area contributed by atoms with Gasteiger partial charge in [0, 0.05) is 37.5 Å². The highest BCUT2D eigenvalue weighted by Gasteiger charge is 1.98. The van der Waals surface area contributed by atoms with Crippen molar-refractivity contribution in [1.82, 2.24) is 15.6 Å². The van der Waals surface area contributed by atoms with Gasteiger partial charge >= 0.3 is 0 Å². The van der Waals surface area contributed by atoms with Crippen LogP contribution in [0.1, 0.15) is 26.2 Å². The SMILES string of the molecule is CCCCNC(=NC)NCCCSc1nccs1.I. The topological polar surface area (TPSA) is 49.3 Å². The molecule has 0 aromatic carbocycles. The zero-order valence-electron chi connectivity index (χ0n) is 11.5. The van der Waals surface area contributed by atoms with Crippen LogP contribution in [0.5, 0.6) is 0 Å².